The third-order valence-corrected chi connectivity index (χ3v) is 3.39. The molecule has 2 unspecified atom stereocenters. The fraction of sp³-hybridized carbons (Fsp3) is 0.462. The van der Waals surface area contributed by atoms with Gasteiger partial charge in [0.15, 0.2) is 0 Å². The van der Waals surface area contributed by atoms with Gasteiger partial charge in [0.2, 0.25) is 0 Å². The summed E-state index contributed by atoms with van der Waals surface area (Å²) in [4.78, 5) is 14.8. The summed E-state index contributed by atoms with van der Waals surface area (Å²) >= 11 is 0. The average molecular weight is 305 g/mol. The van der Waals surface area contributed by atoms with Crippen molar-refractivity contribution in [2.75, 3.05) is 13.1 Å². The Morgan fingerprint density at radius 2 is 2.10 bits per heavy atom. The highest BCUT2D eigenvalue weighted by Gasteiger charge is 2.34. The Kier molecular flexibility index (Phi) is 4.38. The Balaban J connectivity index is 2.11. The Labute approximate surface area is 118 Å². The van der Waals surface area contributed by atoms with E-state index in [0.29, 0.717) is 12.0 Å². The molecule has 0 aromatic heterocycles. The number of aliphatic hydroxyl groups is 1. The van der Waals surface area contributed by atoms with Crippen molar-refractivity contribution in [3.63, 3.8) is 0 Å². The quantitative estimate of drug-likeness (QED) is 0.878. The lowest BCUT2D eigenvalue weighted by atomic mass is 9.87. The molecule has 2 N–H and O–H groups in total. The Bertz CT molecular complexity index is 520. The second-order valence-electron chi connectivity index (χ2n) is 4.83. The molecule has 2 atom stereocenters. The molecule has 1 aromatic rings. The summed E-state index contributed by atoms with van der Waals surface area (Å²) in [5, 5.41) is 19.6. The van der Waals surface area contributed by atoms with E-state index in [4.69, 9.17) is 5.11 Å². The molecule has 0 radical (unpaired) electrons. The topological polar surface area (TPSA) is 70.0 Å². The summed E-state index contributed by atoms with van der Waals surface area (Å²) in [7, 11) is 0. The molecule has 1 saturated heterocycles. The summed E-state index contributed by atoms with van der Waals surface area (Å²) in [6, 6.07) is 4.81. The minimum Gasteiger partial charge on any atom is -0.448 e. The van der Waals surface area contributed by atoms with Gasteiger partial charge < -0.3 is 15.1 Å². The maximum Gasteiger partial charge on any atom is 0.525 e. The van der Waals surface area contributed by atoms with Crippen LogP contribution < -0.4 is 0 Å². The van der Waals surface area contributed by atoms with Gasteiger partial charge in [-0.1, -0.05) is 18.2 Å². The first-order valence-electron chi connectivity index (χ1n) is 6.28. The van der Waals surface area contributed by atoms with Crippen LogP contribution in [-0.4, -0.2) is 40.6 Å². The molecule has 0 aliphatic carbocycles. The lowest BCUT2D eigenvalue weighted by molar-refractivity contribution is -0.155. The van der Waals surface area contributed by atoms with Gasteiger partial charge in [0.25, 0.3) is 0 Å². The molecule has 5 nitrogen and oxygen atoms in total. The number of rotatable bonds is 2. The first-order chi connectivity index (χ1) is 9.77. The molecule has 21 heavy (non-hydrogen) atoms. The van der Waals surface area contributed by atoms with Crippen LogP contribution in [0, 0.1) is 0 Å². The molecule has 1 aromatic carbocycles. The van der Waals surface area contributed by atoms with Crippen LogP contribution in [0.15, 0.2) is 24.3 Å². The van der Waals surface area contributed by atoms with E-state index in [0.717, 1.165) is 17.2 Å². The monoisotopic (exact) mass is 305 g/mol. The van der Waals surface area contributed by atoms with Gasteiger partial charge in [0, 0.05) is 12.5 Å². The third kappa shape index (κ3) is 3.85. The van der Waals surface area contributed by atoms with Crippen LogP contribution in [0.3, 0.4) is 0 Å². The highest BCUT2D eigenvalue weighted by Crippen LogP contribution is 2.34. The smallest absolute Gasteiger partial charge is 0.448 e. The van der Waals surface area contributed by atoms with Gasteiger partial charge in [-0.05, 0) is 18.1 Å². The molecular formula is C13H14F3NO4. The van der Waals surface area contributed by atoms with Crippen LogP contribution in [0.25, 0.3) is 0 Å². The number of carboxylic acid groups (broad SMARTS) is 1. The van der Waals surface area contributed by atoms with E-state index in [-0.39, 0.29) is 13.1 Å². The van der Waals surface area contributed by atoms with Crippen molar-refractivity contribution in [2.24, 2.45) is 0 Å². The van der Waals surface area contributed by atoms with Crippen molar-refractivity contribution in [1.29, 1.82) is 0 Å². The van der Waals surface area contributed by atoms with Crippen LogP contribution in [0.5, 0.6) is 0 Å². The number of benzene rings is 1. The molecule has 116 valence electrons. The van der Waals surface area contributed by atoms with Crippen molar-refractivity contribution in [3.05, 3.63) is 35.4 Å². The number of alkyl halides is 3. The fourth-order valence-electron chi connectivity index (χ4n) is 2.43. The maximum absolute atomic E-state index is 12.7. The van der Waals surface area contributed by atoms with E-state index in [1.54, 1.807) is 0 Å². The number of aliphatic hydroxyl groups excluding tert-OH is 1. The fourth-order valence-corrected chi connectivity index (χ4v) is 2.43. The van der Waals surface area contributed by atoms with Gasteiger partial charge in [-0.15, -0.1) is 5.06 Å². The predicted octanol–water partition coefficient (Wildman–Crippen LogP) is 2.47. The number of hydrogen-bond donors (Lipinski definition) is 2. The number of β-amino-alcohol motifs (C(OH)–C–C–N with tert-alkyl or cyclic N) is 1. The maximum atomic E-state index is 12.7. The van der Waals surface area contributed by atoms with E-state index >= 15 is 0 Å². The molecule has 0 amide bonds. The van der Waals surface area contributed by atoms with Gasteiger partial charge in [-0.2, -0.15) is 13.2 Å². The second kappa shape index (κ2) is 5.90. The van der Waals surface area contributed by atoms with E-state index in [2.05, 4.69) is 4.84 Å². The normalized spacial score (nSPS) is 23.8. The summed E-state index contributed by atoms with van der Waals surface area (Å²) in [5.74, 6) is -0.485. The van der Waals surface area contributed by atoms with E-state index < -0.39 is 29.9 Å². The zero-order chi connectivity index (χ0) is 15.6. The predicted molar refractivity (Wildman–Crippen MR) is 65.5 cm³/mol. The zero-order valence-electron chi connectivity index (χ0n) is 10.9. The lowest BCUT2D eigenvalue weighted by Gasteiger charge is -2.34. The van der Waals surface area contributed by atoms with Gasteiger partial charge in [-0.3, -0.25) is 0 Å². The molecule has 8 heteroatoms. The SMILES string of the molecule is O=C(O)ON1CCC(c2cccc(C(F)(F)F)c2)C(O)C1. The number of nitrogens with zero attached hydrogens (tertiary/aromatic N) is 1. The molecule has 1 heterocycles. The van der Waals surface area contributed by atoms with Gasteiger partial charge >= 0.3 is 12.3 Å². The van der Waals surface area contributed by atoms with Crippen LogP contribution in [-0.2, 0) is 11.0 Å². The number of halogens is 3. The molecular weight excluding hydrogens is 291 g/mol. The first-order valence-corrected chi connectivity index (χ1v) is 6.28. The number of carbonyl (C=O) groups is 1. The molecule has 2 rings (SSSR count). The number of hydrogen-bond acceptors (Lipinski definition) is 4. The highest BCUT2D eigenvalue weighted by molar-refractivity contribution is 5.56. The van der Waals surface area contributed by atoms with E-state index in [1.807, 2.05) is 0 Å². The Morgan fingerprint density at radius 3 is 2.67 bits per heavy atom. The standard InChI is InChI=1S/C13H14F3NO4/c14-13(15,16)9-3-1-2-8(6-9)10-4-5-17(7-11(10)18)21-12(19)20/h1-3,6,10-11,18H,4-5,7H2,(H,19,20). The molecule has 1 aliphatic heterocycles. The van der Waals surface area contributed by atoms with Crippen molar-refractivity contribution in [3.8, 4) is 0 Å². The van der Waals surface area contributed by atoms with Gasteiger partial charge in [0.05, 0.1) is 18.2 Å². The third-order valence-electron chi connectivity index (χ3n) is 3.39. The summed E-state index contributed by atoms with van der Waals surface area (Å²) in [6.07, 6.45) is -6.62. The van der Waals surface area contributed by atoms with Crippen molar-refractivity contribution in [2.45, 2.75) is 24.6 Å². The van der Waals surface area contributed by atoms with Crippen molar-refractivity contribution >= 4 is 6.16 Å². The average Bonchev–Trinajstić information content (AvgIpc) is 2.37. The van der Waals surface area contributed by atoms with Crippen LogP contribution in [0.1, 0.15) is 23.5 Å². The molecule has 0 spiro atoms. The molecule has 1 fully saturated rings. The Morgan fingerprint density at radius 1 is 1.38 bits per heavy atom. The van der Waals surface area contributed by atoms with Gasteiger partial charge in [-0.25, -0.2) is 4.79 Å². The summed E-state index contributed by atoms with van der Waals surface area (Å²) < 4.78 is 38.0. The highest BCUT2D eigenvalue weighted by atomic mass is 19.4. The molecule has 0 bridgehead atoms. The van der Waals surface area contributed by atoms with E-state index in [9.17, 15) is 23.1 Å². The minimum atomic E-state index is -4.44. The van der Waals surface area contributed by atoms with Crippen LogP contribution >= 0.6 is 0 Å². The van der Waals surface area contributed by atoms with Crippen molar-refractivity contribution < 1.29 is 33.0 Å². The Hall–Kier alpha value is -1.80. The lowest BCUT2D eigenvalue weighted by Crippen LogP contribution is -2.43. The number of hydroxylamine groups is 2. The van der Waals surface area contributed by atoms with Gasteiger partial charge in [0.1, 0.15) is 0 Å². The zero-order valence-corrected chi connectivity index (χ0v) is 10.9. The summed E-state index contributed by atoms with van der Waals surface area (Å²) in [5.41, 5.74) is -0.385. The van der Waals surface area contributed by atoms with Crippen molar-refractivity contribution in [1.82, 2.24) is 5.06 Å². The van der Waals surface area contributed by atoms with Crippen LogP contribution in [0.2, 0.25) is 0 Å². The number of piperidine rings is 1. The summed E-state index contributed by atoms with van der Waals surface area (Å²) in [6.45, 7) is 0.136. The second-order valence-corrected chi connectivity index (χ2v) is 4.83. The minimum absolute atomic E-state index is 0.0762. The molecule has 0 saturated carbocycles. The first kappa shape index (κ1) is 15.6. The molecule has 1 aliphatic rings. The van der Waals surface area contributed by atoms with E-state index in [1.165, 1.54) is 12.1 Å². The van der Waals surface area contributed by atoms with Crippen LogP contribution in [0.4, 0.5) is 18.0 Å². The largest absolute Gasteiger partial charge is 0.525 e.